The first-order valence-electron chi connectivity index (χ1n) is 8.44. The van der Waals surface area contributed by atoms with Crippen LogP contribution in [-0.2, 0) is 19.5 Å². The third-order valence-electron chi connectivity index (χ3n) is 5.12. The van der Waals surface area contributed by atoms with Gasteiger partial charge in [-0.1, -0.05) is 36.4 Å². The van der Waals surface area contributed by atoms with Crippen molar-refractivity contribution in [3.8, 4) is 0 Å². The van der Waals surface area contributed by atoms with Gasteiger partial charge in [-0.05, 0) is 48.1 Å². The van der Waals surface area contributed by atoms with Gasteiger partial charge in [-0.15, -0.1) is 0 Å². The lowest BCUT2D eigenvalue weighted by Crippen LogP contribution is -2.30. The molecule has 1 aliphatic rings. The quantitative estimate of drug-likeness (QED) is 0.670. The molecule has 122 valence electrons. The minimum absolute atomic E-state index is 0.261. The first-order chi connectivity index (χ1) is 11.6. The fourth-order valence-electron chi connectivity index (χ4n) is 3.59. The molecule has 3 aromatic rings. The van der Waals surface area contributed by atoms with Gasteiger partial charge < -0.3 is 4.42 Å². The van der Waals surface area contributed by atoms with E-state index in [4.69, 9.17) is 4.42 Å². The smallest absolute Gasteiger partial charge is 0.336 e. The Labute approximate surface area is 141 Å². The number of fused-ring (bicyclic) bond motifs is 2. The van der Waals surface area contributed by atoms with Crippen molar-refractivity contribution < 1.29 is 4.42 Å². The van der Waals surface area contributed by atoms with Crippen LogP contribution in [0, 0.1) is 13.8 Å². The molecule has 0 unspecified atom stereocenters. The van der Waals surface area contributed by atoms with Crippen molar-refractivity contribution in [2.45, 2.75) is 33.4 Å². The molecule has 0 amide bonds. The van der Waals surface area contributed by atoms with Gasteiger partial charge in [0.1, 0.15) is 5.58 Å². The summed E-state index contributed by atoms with van der Waals surface area (Å²) in [5.74, 6) is 0. The predicted molar refractivity (Wildman–Crippen MR) is 96.2 cm³/mol. The van der Waals surface area contributed by atoms with Gasteiger partial charge in [0.05, 0.1) is 0 Å². The largest absolute Gasteiger partial charge is 0.422 e. The Balaban J connectivity index is 1.71. The maximum atomic E-state index is 12.0. The summed E-state index contributed by atoms with van der Waals surface area (Å²) < 4.78 is 5.49. The molecule has 0 radical (unpaired) electrons. The van der Waals surface area contributed by atoms with Crippen LogP contribution >= 0.6 is 0 Å². The highest BCUT2D eigenvalue weighted by Gasteiger charge is 2.18. The zero-order valence-corrected chi connectivity index (χ0v) is 14.1. The maximum absolute atomic E-state index is 12.0. The van der Waals surface area contributed by atoms with Crippen molar-refractivity contribution in [1.82, 2.24) is 4.90 Å². The summed E-state index contributed by atoms with van der Waals surface area (Å²) in [6.07, 6.45) is 1.06. The van der Waals surface area contributed by atoms with Gasteiger partial charge in [-0.25, -0.2) is 4.79 Å². The lowest BCUT2D eigenvalue weighted by atomic mass is 9.98. The summed E-state index contributed by atoms with van der Waals surface area (Å²) in [5.41, 5.74) is 6.56. The third-order valence-corrected chi connectivity index (χ3v) is 5.12. The molecule has 0 saturated carbocycles. The molecule has 0 fully saturated rings. The topological polar surface area (TPSA) is 33.5 Å². The second-order valence-corrected chi connectivity index (χ2v) is 6.70. The Kier molecular flexibility index (Phi) is 3.73. The van der Waals surface area contributed by atoms with Gasteiger partial charge in [-0.3, -0.25) is 4.90 Å². The number of benzene rings is 2. The summed E-state index contributed by atoms with van der Waals surface area (Å²) in [4.78, 5) is 14.4. The standard InChI is InChI=1S/C21H21NO2/c1-14-7-8-19-18(11-20(23)24-21(19)15(14)2)13-22-10-9-16-5-3-4-6-17(16)12-22/h3-8,11H,9-10,12-13H2,1-2H3. The summed E-state index contributed by atoms with van der Waals surface area (Å²) in [7, 11) is 0. The normalized spacial score (nSPS) is 14.8. The van der Waals surface area contributed by atoms with E-state index in [0.717, 1.165) is 53.7 Å². The molecular formula is C21H21NO2. The van der Waals surface area contributed by atoms with E-state index in [1.54, 1.807) is 6.07 Å². The molecular weight excluding hydrogens is 298 g/mol. The van der Waals surface area contributed by atoms with E-state index >= 15 is 0 Å². The Morgan fingerprint density at radius 2 is 1.88 bits per heavy atom. The second-order valence-electron chi connectivity index (χ2n) is 6.70. The van der Waals surface area contributed by atoms with Crippen molar-refractivity contribution in [3.05, 3.63) is 80.7 Å². The number of rotatable bonds is 2. The monoisotopic (exact) mass is 319 g/mol. The van der Waals surface area contributed by atoms with Crippen LogP contribution in [0.5, 0.6) is 0 Å². The molecule has 24 heavy (non-hydrogen) atoms. The average Bonchev–Trinajstić information content (AvgIpc) is 2.58. The molecule has 0 saturated heterocycles. The summed E-state index contributed by atoms with van der Waals surface area (Å²) in [6.45, 7) is 6.79. The molecule has 3 heteroatoms. The van der Waals surface area contributed by atoms with E-state index in [2.05, 4.69) is 41.3 Å². The Hall–Kier alpha value is -2.39. The van der Waals surface area contributed by atoms with Gasteiger partial charge in [0, 0.05) is 31.1 Å². The fourth-order valence-corrected chi connectivity index (χ4v) is 3.59. The second kappa shape index (κ2) is 5.91. The lowest BCUT2D eigenvalue weighted by Gasteiger charge is -2.29. The first-order valence-corrected chi connectivity index (χ1v) is 8.44. The molecule has 0 N–H and O–H groups in total. The van der Waals surface area contributed by atoms with Crippen molar-refractivity contribution in [1.29, 1.82) is 0 Å². The lowest BCUT2D eigenvalue weighted by molar-refractivity contribution is 0.246. The zero-order chi connectivity index (χ0) is 16.7. The molecule has 2 aromatic carbocycles. The Morgan fingerprint density at radius 1 is 1.08 bits per heavy atom. The highest BCUT2D eigenvalue weighted by molar-refractivity contribution is 5.83. The maximum Gasteiger partial charge on any atom is 0.336 e. The van der Waals surface area contributed by atoms with Gasteiger partial charge in [-0.2, -0.15) is 0 Å². The van der Waals surface area contributed by atoms with Crippen LogP contribution in [-0.4, -0.2) is 11.4 Å². The van der Waals surface area contributed by atoms with E-state index < -0.39 is 0 Å². The van der Waals surface area contributed by atoms with E-state index in [-0.39, 0.29) is 5.63 Å². The van der Waals surface area contributed by atoms with E-state index in [9.17, 15) is 4.79 Å². The molecule has 3 nitrogen and oxygen atoms in total. The molecule has 1 aliphatic heterocycles. The Morgan fingerprint density at radius 3 is 2.71 bits per heavy atom. The fraction of sp³-hybridized carbons (Fsp3) is 0.286. The Bertz CT molecular complexity index is 971. The van der Waals surface area contributed by atoms with E-state index in [1.807, 2.05) is 13.8 Å². The zero-order valence-electron chi connectivity index (χ0n) is 14.1. The SMILES string of the molecule is Cc1ccc2c(CN3CCc4ccccc4C3)cc(=O)oc2c1C. The third kappa shape index (κ3) is 2.65. The van der Waals surface area contributed by atoms with Crippen LogP contribution in [0.25, 0.3) is 11.0 Å². The van der Waals surface area contributed by atoms with Crippen molar-refractivity contribution in [2.24, 2.45) is 0 Å². The van der Waals surface area contributed by atoms with Crippen LogP contribution in [0.4, 0.5) is 0 Å². The molecule has 0 atom stereocenters. The van der Waals surface area contributed by atoms with E-state index in [1.165, 1.54) is 11.1 Å². The minimum atomic E-state index is -0.261. The van der Waals surface area contributed by atoms with Crippen LogP contribution in [0.3, 0.4) is 0 Å². The van der Waals surface area contributed by atoms with Gasteiger partial charge >= 0.3 is 5.63 Å². The van der Waals surface area contributed by atoms with Gasteiger partial charge in [0.15, 0.2) is 0 Å². The highest BCUT2D eigenvalue weighted by atomic mass is 16.4. The molecule has 0 aliphatic carbocycles. The van der Waals surface area contributed by atoms with Gasteiger partial charge in [0.2, 0.25) is 0 Å². The number of hydrogen-bond acceptors (Lipinski definition) is 3. The molecule has 2 heterocycles. The minimum Gasteiger partial charge on any atom is -0.422 e. The van der Waals surface area contributed by atoms with Crippen molar-refractivity contribution in [3.63, 3.8) is 0 Å². The van der Waals surface area contributed by atoms with Crippen molar-refractivity contribution in [2.75, 3.05) is 6.54 Å². The highest BCUT2D eigenvalue weighted by Crippen LogP contribution is 2.26. The van der Waals surface area contributed by atoms with Crippen LogP contribution < -0.4 is 5.63 Å². The predicted octanol–water partition coefficient (Wildman–Crippen LogP) is 3.97. The number of nitrogens with zero attached hydrogens (tertiary/aromatic N) is 1. The molecule has 4 rings (SSSR count). The number of aryl methyl sites for hydroxylation is 2. The molecule has 1 aromatic heterocycles. The van der Waals surface area contributed by atoms with Crippen LogP contribution in [0.1, 0.15) is 27.8 Å². The van der Waals surface area contributed by atoms with Crippen LogP contribution in [0.15, 0.2) is 51.7 Å². The average molecular weight is 319 g/mol. The summed E-state index contributed by atoms with van der Waals surface area (Å²) in [5, 5.41) is 1.05. The summed E-state index contributed by atoms with van der Waals surface area (Å²) >= 11 is 0. The summed E-state index contributed by atoms with van der Waals surface area (Å²) in [6, 6.07) is 14.5. The number of hydrogen-bond donors (Lipinski definition) is 0. The van der Waals surface area contributed by atoms with Crippen molar-refractivity contribution >= 4 is 11.0 Å². The first kappa shape index (κ1) is 15.2. The molecule has 0 bridgehead atoms. The molecule has 0 spiro atoms. The van der Waals surface area contributed by atoms with Crippen LogP contribution in [0.2, 0.25) is 0 Å². The van der Waals surface area contributed by atoms with E-state index in [0.29, 0.717) is 0 Å². The van der Waals surface area contributed by atoms with Gasteiger partial charge in [0.25, 0.3) is 0 Å².